The molecule has 4 nitrogen and oxygen atoms in total. The molecule has 0 saturated heterocycles. The molecule has 0 heterocycles. The van der Waals surface area contributed by atoms with Crippen molar-refractivity contribution in [2.75, 3.05) is 17.7 Å². The fraction of sp³-hybridized carbons (Fsp3) is 0.133. The van der Waals surface area contributed by atoms with E-state index in [0.717, 1.165) is 5.56 Å². The van der Waals surface area contributed by atoms with Gasteiger partial charge in [0, 0.05) is 11.4 Å². The average Bonchev–Trinajstić information content (AvgIpc) is 2.42. The fourth-order valence-electron chi connectivity index (χ4n) is 1.60. The molecule has 3 N–H and O–H groups in total. The molecule has 0 saturated carbocycles. The summed E-state index contributed by atoms with van der Waals surface area (Å²) in [5.41, 5.74) is 7.93. The monoisotopic (exact) mass is 274 g/mol. The Kier molecular flexibility index (Phi) is 4.20. The summed E-state index contributed by atoms with van der Waals surface area (Å²) in [6.07, 6.45) is 0. The van der Waals surface area contributed by atoms with Crippen LogP contribution in [-0.4, -0.2) is 12.5 Å². The van der Waals surface area contributed by atoms with Gasteiger partial charge >= 0.3 is 0 Å². The van der Waals surface area contributed by atoms with E-state index in [1.165, 1.54) is 24.3 Å². The van der Waals surface area contributed by atoms with Crippen LogP contribution in [0.3, 0.4) is 0 Å². The second kappa shape index (κ2) is 6.06. The predicted molar refractivity (Wildman–Crippen MR) is 76.1 cm³/mol. The topological polar surface area (TPSA) is 64.3 Å². The molecule has 1 amide bonds. The van der Waals surface area contributed by atoms with Crippen LogP contribution in [0.5, 0.6) is 5.75 Å². The Labute approximate surface area is 116 Å². The van der Waals surface area contributed by atoms with E-state index in [9.17, 15) is 9.18 Å². The summed E-state index contributed by atoms with van der Waals surface area (Å²) in [5, 5.41) is 2.67. The fourth-order valence-corrected chi connectivity index (χ4v) is 1.60. The molecule has 2 aromatic carbocycles. The summed E-state index contributed by atoms with van der Waals surface area (Å²) >= 11 is 0. The van der Waals surface area contributed by atoms with Crippen LogP contribution in [0.15, 0.2) is 42.5 Å². The number of nitrogen functional groups attached to an aromatic ring is 1. The van der Waals surface area contributed by atoms with Crippen LogP contribution in [0.1, 0.15) is 5.56 Å². The highest BCUT2D eigenvalue weighted by Gasteiger charge is 2.05. The van der Waals surface area contributed by atoms with Gasteiger partial charge in [-0.1, -0.05) is 6.07 Å². The van der Waals surface area contributed by atoms with Gasteiger partial charge < -0.3 is 15.8 Å². The number of benzene rings is 2. The van der Waals surface area contributed by atoms with Crippen LogP contribution in [0.2, 0.25) is 0 Å². The first-order valence-electron chi connectivity index (χ1n) is 6.09. The zero-order valence-electron chi connectivity index (χ0n) is 11.0. The Hall–Kier alpha value is -2.56. The highest BCUT2D eigenvalue weighted by atomic mass is 19.1. The van der Waals surface area contributed by atoms with Crippen LogP contribution >= 0.6 is 0 Å². The van der Waals surface area contributed by atoms with E-state index < -0.39 is 0 Å². The van der Waals surface area contributed by atoms with Crippen molar-refractivity contribution in [3.05, 3.63) is 53.8 Å². The minimum atomic E-state index is -0.350. The SMILES string of the molecule is Cc1ccc(NC(=O)COc2ccc(F)cc2)cc1N. The van der Waals surface area contributed by atoms with Crippen molar-refractivity contribution in [3.8, 4) is 5.75 Å². The molecular formula is C15H15FN2O2. The molecule has 0 unspecified atom stereocenters. The molecule has 104 valence electrons. The molecule has 0 spiro atoms. The molecule has 20 heavy (non-hydrogen) atoms. The van der Waals surface area contributed by atoms with Gasteiger partial charge in [0.1, 0.15) is 11.6 Å². The zero-order valence-corrected chi connectivity index (χ0v) is 11.0. The first kappa shape index (κ1) is 13.9. The van der Waals surface area contributed by atoms with Crippen molar-refractivity contribution < 1.29 is 13.9 Å². The molecule has 2 rings (SSSR count). The smallest absolute Gasteiger partial charge is 0.262 e. The van der Waals surface area contributed by atoms with Gasteiger partial charge in [0.05, 0.1) is 0 Å². The van der Waals surface area contributed by atoms with Crippen molar-refractivity contribution in [3.63, 3.8) is 0 Å². The van der Waals surface area contributed by atoms with Gasteiger partial charge in [0.15, 0.2) is 6.61 Å². The molecule has 0 aliphatic heterocycles. The van der Waals surface area contributed by atoms with Gasteiger partial charge in [0.25, 0.3) is 5.91 Å². The predicted octanol–water partition coefficient (Wildman–Crippen LogP) is 2.73. The molecule has 2 aromatic rings. The van der Waals surface area contributed by atoms with Crippen molar-refractivity contribution in [1.29, 1.82) is 0 Å². The van der Waals surface area contributed by atoms with E-state index >= 15 is 0 Å². The number of aryl methyl sites for hydroxylation is 1. The van der Waals surface area contributed by atoms with E-state index in [2.05, 4.69) is 5.32 Å². The number of halogens is 1. The van der Waals surface area contributed by atoms with Crippen molar-refractivity contribution in [2.24, 2.45) is 0 Å². The number of nitrogens with one attached hydrogen (secondary N) is 1. The largest absolute Gasteiger partial charge is 0.484 e. The third-order valence-electron chi connectivity index (χ3n) is 2.75. The summed E-state index contributed by atoms with van der Waals surface area (Å²) in [6, 6.07) is 10.7. The van der Waals surface area contributed by atoms with Crippen LogP contribution in [0.4, 0.5) is 15.8 Å². The van der Waals surface area contributed by atoms with Gasteiger partial charge in [-0.2, -0.15) is 0 Å². The Morgan fingerprint density at radius 3 is 2.60 bits per heavy atom. The number of hydrogen-bond donors (Lipinski definition) is 2. The zero-order chi connectivity index (χ0) is 14.5. The summed E-state index contributed by atoms with van der Waals surface area (Å²) in [7, 11) is 0. The standard InChI is InChI=1S/C15H15FN2O2/c1-10-2-5-12(8-14(10)17)18-15(19)9-20-13-6-3-11(16)4-7-13/h2-8H,9,17H2,1H3,(H,18,19). The van der Waals surface area contributed by atoms with Gasteiger partial charge in [-0.15, -0.1) is 0 Å². The van der Waals surface area contributed by atoms with Crippen molar-refractivity contribution >= 4 is 17.3 Å². The number of ether oxygens (including phenoxy) is 1. The van der Waals surface area contributed by atoms with Crippen LogP contribution in [0.25, 0.3) is 0 Å². The van der Waals surface area contributed by atoms with E-state index in [-0.39, 0.29) is 18.3 Å². The maximum Gasteiger partial charge on any atom is 0.262 e. The molecule has 0 fully saturated rings. The summed E-state index contributed by atoms with van der Waals surface area (Å²) in [6.45, 7) is 1.73. The maximum atomic E-state index is 12.7. The number of rotatable bonds is 4. The lowest BCUT2D eigenvalue weighted by atomic mass is 10.2. The Morgan fingerprint density at radius 1 is 1.25 bits per heavy atom. The average molecular weight is 274 g/mol. The van der Waals surface area contributed by atoms with E-state index in [4.69, 9.17) is 10.5 Å². The number of amides is 1. The highest BCUT2D eigenvalue weighted by Crippen LogP contribution is 2.17. The first-order valence-corrected chi connectivity index (χ1v) is 6.09. The third kappa shape index (κ3) is 3.71. The van der Waals surface area contributed by atoms with Gasteiger partial charge in [0.2, 0.25) is 0 Å². The molecule has 0 aliphatic rings. The van der Waals surface area contributed by atoms with Gasteiger partial charge in [-0.05, 0) is 48.9 Å². The number of hydrogen-bond acceptors (Lipinski definition) is 3. The number of carbonyl (C=O) groups excluding carboxylic acids is 1. The molecule has 0 aromatic heterocycles. The first-order chi connectivity index (χ1) is 9.54. The second-order valence-electron chi connectivity index (χ2n) is 4.36. The lowest BCUT2D eigenvalue weighted by Gasteiger charge is -2.09. The minimum absolute atomic E-state index is 0.153. The molecule has 0 radical (unpaired) electrons. The van der Waals surface area contributed by atoms with Crippen LogP contribution < -0.4 is 15.8 Å². The van der Waals surface area contributed by atoms with E-state index in [0.29, 0.717) is 17.1 Å². The number of nitrogens with two attached hydrogens (primary N) is 1. The minimum Gasteiger partial charge on any atom is -0.484 e. The highest BCUT2D eigenvalue weighted by molar-refractivity contribution is 5.92. The van der Waals surface area contributed by atoms with Crippen molar-refractivity contribution in [1.82, 2.24) is 0 Å². The molecule has 0 aliphatic carbocycles. The third-order valence-corrected chi connectivity index (χ3v) is 2.75. The molecule has 0 bridgehead atoms. The lowest BCUT2D eigenvalue weighted by Crippen LogP contribution is -2.20. The van der Waals surface area contributed by atoms with E-state index in [1.807, 2.05) is 13.0 Å². The summed E-state index contributed by atoms with van der Waals surface area (Å²) < 4.78 is 17.9. The van der Waals surface area contributed by atoms with Gasteiger partial charge in [-0.3, -0.25) is 4.79 Å². The summed E-state index contributed by atoms with van der Waals surface area (Å²) in [4.78, 5) is 11.7. The Bertz CT molecular complexity index is 612. The Balaban J connectivity index is 1.89. The van der Waals surface area contributed by atoms with Crippen LogP contribution in [0, 0.1) is 12.7 Å². The normalized spacial score (nSPS) is 10.1. The molecule has 0 atom stereocenters. The van der Waals surface area contributed by atoms with Gasteiger partial charge in [-0.25, -0.2) is 4.39 Å². The Morgan fingerprint density at radius 2 is 1.95 bits per heavy atom. The molecular weight excluding hydrogens is 259 g/mol. The van der Waals surface area contributed by atoms with E-state index in [1.54, 1.807) is 12.1 Å². The number of carbonyl (C=O) groups is 1. The second-order valence-corrected chi connectivity index (χ2v) is 4.36. The maximum absolute atomic E-state index is 12.7. The van der Waals surface area contributed by atoms with Crippen molar-refractivity contribution in [2.45, 2.75) is 6.92 Å². The summed E-state index contributed by atoms with van der Waals surface area (Å²) in [5.74, 6) is -0.223. The molecule has 5 heteroatoms. The lowest BCUT2D eigenvalue weighted by molar-refractivity contribution is -0.118. The van der Waals surface area contributed by atoms with Crippen LogP contribution in [-0.2, 0) is 4.79 Å². The quantitative estimate of drug-likeness (QED) is 0.842. The number of anilines is 2.